The highest BCUT2D eigenvalue weighted by molar-refractivity contribution is 14.1. The Hall–Kier alpha value is 0.0600. The molecule has 1 saturated heterocycles. The molecule has 108 valence electrons. The van der Waals surface area contributed by atoms with Crippen molar-refractivity contribution < 1.29 is 0 Å². The fraction of sp³-hybridized carbons (Fsp3) is 0.533. The number of benzene rings is 1. The molecule has 2 heterocycles. The van der Waals surface area contributed by atoms with Crippen LogP contribution in [0.2, 0.25) is 0 Å². The van der Waals surface area contributed by atoms with Gasteiger partial charge in [-0.05, 0) is 59.4 Å². The van der Waals surface area contributed by atoms with E-state index in [1.165, 1.54) is 34.1 Å². The number of hydrogen-bond donors (Lipinski definition) is 0. The third kappa shape index (κ3) is 3.28. The first-order chi connectivity index (χ1) is 9.78. The lowest BCUT2D eigenvalue weighted by Crippen LogP contribution is -2.18. The Balaban J connectivity index is 1.95. The molecule has 5 heteroatoms. The third-order valence-corrected chi connectivity index (χ3v) is 6.01. The van der Waals surface area contributed by atoms with Crippen molar-refractivity contribution in [3.05, 3.63) is 27.6 Å². The van der Waals surface area contributed by atoms with Crippen molar-refractivity contribution in [1.82, 2.24) is 9.55 Å². The van der Waals surface area contributed by atoms with Gasteiger partial charge in [0.25, 0.3) is 0 Å². The van der Waals surface area contributed by atoms with Crippen molar-refractivity contribution in [3.63, 3.8) is 0 Å². The first-order valence-electron chi connectivity index (χ1n) is 7.10. The predicted octanol–water partition coefficient (Wildman–Crippen LogP) is 4.71. The number of thioether (sulfide) groups is 1. The molecule has 1 aromatic heterocycles. The highest BCUT2D eigenvalue weighted by Gasteiger charge is 2.18. The second-order valence-corrected chi connectivity index (χ2v) is 8.23. The minimum Gasteiger partial charge on any atom is -0.327 e. The van der Waals surface area contributed by atoms with Crippen molar-refractivity contribution in [2.24, 2.45) is 0 Å². The molecule has 2 nitrogen and oxygen atoms in total. The summed E-state index contributed by atoms with van der Waals surface area (Å²) in [5.74, 6) is 3.08. The quantitative estimate of drug-likeness (QED) is 0.527. The van der Waals surface area contributed by atoms with Crippen molar-refractivity contribution in [2.75, 3.05) is 11.6 Å². The third-order valence-electron chi connectivity index (χ3n) is 3.77. The normalized spacial score (nSPS) is 19.6. The summed E-state index contributed by atoms with van der Waals surface area (Å²) >= 11 is 10.4. The van der Waals surface area contributed by atoms with Crippen molar-refractivity contribution in [3.8, 4) is 0 Å². The smallest absolute Gasteiger partial charge is 0.111 e. The molecule has 2 aromatic rings. The Morgan fingerprint density at radius 2 is 2.30 bits per heavy atom. The van der Waals surface area contributed by atoms with E-state index < -0.39 is 0 Å². The fourth-order valence-corrected chi connectivity index (χ4v) is 4.72. The van der Waals surface area contributed by atoms with E-state index in [-0.39, 0.29) is 0 Å². The van der Waals surface area contributed by atoms with E-state index in [9.17, 15) is 0 Å². The second kappa shape index (κ2) is 6.88. The van der Waals surface area contributed by atoms with Crippen LogP contribution in [0.1, 0.15) is 25.1 Å². The molecule has 1 aromatic carbocycles. The summed E-state index contributed by atoms with van der Waals surface area (Å²) in [7, 11) is 0. The molecule has 1 unspecified atom stereocenters. The molecule has 0 saturated carbocycles. The molecule has 1 atom stereocenters. The van der Waals surface area contributed by atoms with E-state index in [1.807, 2.05) is 0 Å². The van der Waals surface area contributed by atoms with Gasteiger partial charge in [-0.2, -0.15) is 11.8 Å². The van der Waals surface area contributed by atoms with Crippen molar-refractivity contribution in [1.29, 1.82) is 0 Å². The van der Waals surface area contributed by atoms with Crippen LogP contribution in [0.25, 0.3) is 11.0 Å². The van der Waals surface area contributed by atoms with Gasteiger partial charge in [0, 0.05) is 27.7 Å². The highest BCUT2D eigenvalue weighted by Crippen LogP contribution is 2.28. The van der Waals surface area contributed by atoms with Gasteiger partial charge in [-0.25, -0.2) is 4.98 Å². The minimum absolute atomic E-state index is 0.637. The zero-order valence-electron chi connectivity index (χ0n) is 11.3. The minimum atomic E-state index is 0.637. The van der Waals surface area contributed by atoms with Gasteiger partial charge in [-0.3, -0.25) is 0 Å². The maximum atomic E-state index is 5.95. The Bertz CT molecular complexity index is 593. The van der Waals surface area contributed by atoms with Crippen LogP contribution in [0.3, 0.4) is 0 Å². The lowest BCUT2D eigenvalue weighted by atomic mass is 10.2. The van der Waals surface area contributed by atoms with Gasteiger partial charge >= 0.3 is 0 Å². The summed E-state index contributed by atoms with van der Waals surface area (Å²) in [6, 6.07) is 6.53. The second-order valence-electron chi connectivity index (χ2n) is 5.20. The number of hydrogen-bond acceptors (Lipinski definition) is 2. The van der Waals surface area contributed by atoms with Gasteiger partial charge in [0.2, 0.25) is 0 Å². The van der Waals surface area contributed by atoms with Crippen LogP contribution in [0, 0.1) is 3.57 Å². The topological polar surface area (TPSA) is 17.8 Å². The zero-order valence-corrected chi connectivity index (χ0v) is 15.0. The lowest BCUT2D eigenvalue weighted by Gasteiger charge is -2.22. The van der Waals surface area contributed by atoms with Gasteiger partial charge < -0.3 is 4.57 Å². The molecule has 0 radical (unpaired) electrons. The van der Waals surface area contributed by atoms with Gasteiger partial charge in [-0.15, -0.1) is 11.6 Å². The van der Waals surface area contributed by atoms with Crippen molar-refractivity contribution >= 4 is 57.0 Å². The monoisotopic (exact) mass is 420 g/mol. The van der Waals surface area contributed by atoms with Crippen LogP contribution in [-0.4, -0.2) is 26.4 Å². The number of aryl methyl sites for hydroxylation is 1. The van der Waals surface area contributed by atoms with E-state index in [0.717, 1.165) is 29.6 Å². The molecule has 0 bridgehead atoms. The van der Waals surface area contributed by atoms with Crippen LogP contribution in [0.15, 0.2) is 18.2 Å². The largest absolute Gasteiger partial charge is 0.327 e. The van der Waals surface area contributed by atoms with Crippen LogP contribution in [0.4, 0.5) is 0 Å². The summed E-state index contributed by atoms with van der Waals surface area (Å²) in [6.45, 7) is 1.08. The molecule has 3 rings (SSSR count). The number of alkyl halides is 1. The first-order valence-corrected chi connectivity index (χ1v) is 9.76. The fourth-order valence-electron chi connectivity index (χ4n) is 2.79. The average molecular weight is 421 g/mol. The molecule has 0 amide bonds. The van der Waals surface area contributed by atoms with Crippen LogP contribution < -0.4 is 0 Å². The van der Waals surface area contributed by atoms with Crippen molar-refractivity contribution in [2.45, 2.75) is 37.5 Å². The Kier molecular flexibility index (Phi) is 5.15. The molecule has 0 spiro atoms. The van der Waals surface area contributed by atoms with E-state index in [1.54, 1.807) is 0 Å². The van der Waals surface area contributed by atoms with E-state index in [0.29, 0.717) is 5.88 Å². The highest BCUT2D eigenvalue weighted by atomic mass is 127. The Labute approximate surface area is 142 Å². The summed E-state index contributed by atoms with van der Waals surface area (Å²) in [5, 5.41) is 0.731. The number of aromatic nitrogens is 2. The number of fused-ring (bicyclic) bond motifs is 1. The molecular weight excluding hydrogens is 403 g/mol. The molecular formula is C15H18ClIN2S. The molecule has 1 aliphatic heterocycles. The van der Waals surface area contributed by atoms with E-state index in [2.05, 4.69) is 57.1 Å². The molecule has 1 aliphatic rings. The van der Waals surface area contributed by atoms with Gasteiger partial charge in [0.05, 0.1) is 11.0 Å². The number of rotatable bonds is 4. The van der Waals surface area contributed by atoms with Gasteiger partial charge in [0.1, 0.15) is 5.82 Å². The Morgan fingerprint density at radius 1 is 1.40 bits per heavy atom. The van der Waals surface area contributed by atoms with Crippen LogP contribution in [-0.2, 0) is 13.0 Å². The molecule has 0 N–H and O–H groups in total. The summed E-state index contributed by atoms with van der Waals surface area (Å²) < 4.78 is 3.64. The van der Waals surface area contributed by atoms with E-state index >= 15 is 0 Å². The summed E-state index contributed by atoms with van der Waals surface area (Å²) in [6.07, 6.45) is 4.92. The maximum Gasteiger partial charge on any atom is 0.111 e. The number of nitrogens with zero attached hydrogens (tertiary/aromatic N) is 2. The van der Waals surface area contributed by atoms with Crippen LogP contribution in [0.5, 0.6) is 0 Å². The molecule has 20 heavy (non-hydrogen) atoms. The summed E-state index contributed by atoms with van der Waals surface area (Å²) in [4.78, 5) is 4.79. The first kappa shape index (κ1) is 15.0. The zero-order chi connectivity index (χ0) is 13.9. The standard InChI is InChI=1S/C15H18ClIN2S/c16-7-6-15-18-13-9-11(17)4-5-14(13)19(15)10-12-3-1-2-8-20-12/h4-5,9,12H,1-3,6-8,10H2. The maximum absolute atomic E-state index is 5.95. The average Bonchev–Trinajstić information content (AvgIpc) is 2.77. The van der Waals surface area contributed by atoms with E-state index in [4.69, 9.17) is 16.6 Å². The Morgan fingerprint density at radius 3 is 3.05 bits per heavy atom. The lowest BCUT2D eigenvalue weighted by molar-refractivity contribution is 0.577. The number of halogens is 2. The molecule has 1 fully saturated rings. The van der Waals surface area contributed by atoms with Crippen LogP contribution >= 0.6 is 46.0 Å². The SMILES string of the molecule is ClCCc1nc2cc(I)ccc2n1CC1CCCCS1. The van der Waals surface area contributed by atoms with Gasteiger partial charge in [0.15, 0.2) is 0 Å². The van der Waals surface area contributed by atoms with Gasteiger partial charge in [-0.1, -0.05) is 6.42 Å². The predicted molar refractivity (Wildman–Crippen MR) is 97.0 cm³/mol. The summed E-state index contributed by atoms with van der Waals surface area (Å²) in [5.41, 5.74) is 2.37. The molecule has 0 aliphatic carbocycles. The number of imidazole rings is 1.